The second kappa shape index (κ2) is 6.21. The Morgan fingerprint density at radius 3 is 2.27 bits per heavy atom. The number of hydrogen-bond donors (Lipinski definition) is 0. The smallest absolute Gasteiger partial charge is 0.0213 e. The molecule has 0 N–H and O–H groups in total. The van der Waals surface area contributed by atoms with Gasteiger partial charge in [-0.05, 0) is 31.1 Å². The van der Waals surface area contributed by atoms with Crippen LogP contribution in [0.15, 0.2) is 25.3 Å². The van der Waals surface area contributed by atoms with Crippen molar-refractivity contribution < 1.29 is 0 Å². The standard InChI is InChI=1S/C11H20/c1-5-7-8-9-11(6-2)10(3)4/h5-6,10-11H,1-2,7-9H2,3-4H3. The molecule has 0 aliphatic heterocycles. The van der Waals surface area contributed by atoms with E-state index in [2.05, 4.69) is 33.1 Å². The molecule has 64 valence electrons. The molecule has 0 nitrogen and oxygen atoms in total. The minimum Gasteiger partial charge on any atom is -0.103 e. The van der Waals surface area contributed by atoms with E-state index in [1.54, 1.807) is 0 Å². The summed E-state index contributed by atoms with van der Waals surface area (Å²) in [4.78, 5) is 0. The van der Waals surface area contributed by atoms with E-state index in [9.17, 15) is 0 Å². The van der Waals surface area contributed by atoms with Crippen molar-refractivity contribution >= 4 is 0 Å². The molecule has 0 spiro atoms. The molecular weight excluding hydrogens is 132 g/mol. The Morgan fingerprint density at radius 1 is 1.27 bits per heavy atom. The van der Waals surface area contributed by atoms with E-state index in [1.165, 1.54) is 12.8 Å². The van der Waals surface area contributed by atoms with Crippen LogP contribution in [0.1, 0.15) is 33.1 Å². The second-order valence-corrected chi connectivity index (χ2v) is 3.36. The van der Waals surface area contributed by atoms with Crippen LogP contribution in [0.2, 0.25) is 0 Å². The molecule has 0 aromatic rings. The third-order valence-corrected chi connectivity index (χ3v) is 2.10. The Morgan fingerprint density at radius 2 is 1.91 bits per heavy atom. The van der Waals surface area contributed by atoms with Gasteiger partial charge in [0.2, 0.25) is 0 Å². The molecule has 0 fully saturated rings. The van der Waals surface area contributed by atoms with Crippen LogP contribution in [0, 0.1) is 11.8 Å². The van der Waals surface area contributed by atoms with Gasteiger partial charge in [0.25, 0.3) is 0 Å². The molecule has 0 radical (unpaired) electrons. The van der Waals surface area contributed by atoms with Crippen LogP contribution < -0.4 is 0 Å². The lowest BCUT2D eigenvalue weighted by Gasteiger charge is -2.15. The Labute approximate surface area is 71.0 Å². The van der Waals surface area contributed by atoms with Gasteiger partial charge in [-0.25, -0.2) is 0 Å². The van der Waals surface area contributed by atoms with Gasteiger partial charge in [-0.3, -0.25) is 0 Å². The lowest BCUT2D eigenvalue weighted by molar-refractivity contribution is 0.427. The second-order valence-electron chi connectivity index (χ2n) is 3.36. The third kappa shape index (κ3) is 4.83. The van der Waals surface area contributed by atoms with Crippen molar-refractivity contribution in [3.63, 3.8) is 0 Å². The summed E-state index contributed by atoms with van der Waals surface area (Å²) >= 11 is 0. The van der Waals surface area contributed by atoms with Gasteiger partial charge in [0.15, 0.2) is 0 Å². The van der Waals surface area contributed by atoms with Crippen molar-refractivity contribution in [1.29, 1.82) is 0 Å². The van der Waals surface area contributed by atoms with Crippen molar-refractivity contribution in [3.8, 4) is 0 Å². The minimum atomic E-state index is 0.690. The summed E-state index contributed by atoms with van der Waals surface area (Å²) in [6.45, 7) is 12.0. The largest absolute Gasteiger partial charge is 0.103 e. The topological polar surface area (TPSA) is 0 Å². The molecule has 0 aliphatic carbocycles. The van der Waals surface area contributed by atoms with Crippen LogP contribution in [0.3, 0.4) is 0 Å². The monoisotopic (exact) mass is 152 g/mol. The molecule has 0 aromatic heterocycles. The van der Waals surface area contributed by atoms with Crippen LogP contribution in [-0.4, -0.2) is 0 Å². The molecule has 0 rings (SSSR count). The summed E-state index contributed by atoms with van der Waals surface area (Å²) in [5.74, 6) is 1.42. The Balaban J connectivity index is 3.51. The molecule has 0 aliphatic rings. The van der Waals surface area contributed by atoms with E-state index in [0.717, 1.165) is 12.3 Å². The summed E-state index contributed by atoms with van der Waals surface area (Å²) in [6, 6.07) is 0. The average molecular weight is 152 g/mol. The van der Waals surface area contributed by atoms with Gasteiger partial charge in [0, 0.05) is 0 Å². The van der Waals surface area contributed by atoms with Crippen molar-refractivity contribution in [1.82, 2.24) is 0 Å². The lowest BCUT2D eigenvalue weighted by atomic mass is 9.91. The molecule has 0 aromatic carbocycles. The van der Waals surface area contributed by atoms with E-state index in [1.807, 2.05) is 6.08 Å². The van der Waals surface area contributed by atoms with Crippen LogP contribution in [-0.2, 0) is 0 Å². The molecule has 0 saturated heterocycles. The minimum absolute atomic E-state index is 0.690. The zero-order chi connectivity index (χ0) is 8.69. The van der Waals surface area contributed by atoms with Crippen molar-refractivity contribution in [2.24, 2.45) is 11.8 Å². The first kappa shape index (κ1) is 10.5. The van der Waals surface area contributed by atoms with Crippen molar-refractivity contribution in [2.45, 2.75) is 33.1 Å². The van der Waals surface area contributed by atoms with E-state index >= 15 is 0 Å². The predicted molar refractivity (Wildman–Crippen MR) is 52.6 cm³/mol. The maximum absolute atomic E-state index is 3.84. The zero-order valence-corrected chi connectivity index (χ0v) is 7.84. The van der Waals surface area contributed by atoms with Gasteiger partial charge in [0.05, 0.1) is 0 Å². The van der Waals surface area contributed by atoms with E-state index in [4.69, 9.17) is 0 Å². The lowest BCUT2D eigenvalue weighted by Crippen LogP contribution is -2.04. The normalized spacial score (nSPS) is 13.0. The number of unbranched alkanes of at least 4 members (excludes halogenated alkanes) is 1. The molecule has 0 bridgehead atoms. The van der Waals surface area contributed by atoms with Crippen LogP contribution in [0.25, 0.3) is 0 Å². The highest BCUT2D eigenvalue weighted by molar-refractivity contribution is 4.81. The molecule has 1 atom stereocenters. The Bertz CT molecular complexity index is 111. The van der Waals surface area contributed by atoms with Crippen LogP contribution in [0.4, 0.5) is 0 Å². The molecule has 0 heterocycles. The van der Waals surface area contributed by atoms with Crippen LogP contribution in [0.5, 0.6) is 0 Å². The van der Waals surface area contributed by atoms with Gasteiger partial charge in [-0.1, -0.05) is 26.0 Å². The fourth-order valence-electron chi connectivity index (χ4n) is 1.22. The first-order valence-electron chi connectivity index (χ1n) is 4.45. The highest BCUT2D eigenvalue weighted by Gasteiger charge is 2.07. The quantitative estimate of drug-likeness (QED) is 0.401. The fraction of sp³-hybridized carbons (Fsp3) is 0.636. The molecule has 11 heavy (non-hydrogen) atoms. The van der Waals surface area contributed by atoms with Gasteiger partial charge >= 0.3 is 0 Å². The van der Waals surface area contributed by atoms with Gasteiger partial charge < -0.3 is 0 Å². The van der Waals surface area contributed by atoms with E-state index in [-0.39, 0.29) is 0 Å². The van der Waals surface area contributed by atoms with Gasteiger partial charge in [-0.15, -0.1) is 13.2 Å². The molecule has 0 amide bonds. The first-order valence-corrected chi connectivity index (χ1v) is 4.45. The number of allylic oxidation sites excluding steroid dienone is 2. The van der Waals surface area contributed by atoms with E-state index in [0.29, 0.717) is 5.92 Å². The van der Waals surface area contributed by atoms with Crippen molar-refractivity contribution in [3.05, 3.63) is 25.3 Å². The van der Waals surface area contributed by atoms with Gasteiger partial charge in [-0.2, -0.15) is 0 Å². The molecule has 0 saturated carbocycles. The summed E-state index contributed by atoms with van der Waals surface area (Å²) in [7, 11) is 0. The number of hydrogen-bond acceptors (Lipinski definition) is 0. The average Bonchev–Trinajstić information content (AvgIpc) is 1.97. The SMILES string of the molecule is C=CCCCC(C=C)C(C)C. The maximum Gasteiger partial charge on any atom is -0.0213 e. The summed E-state index contributed by atoms with van der Waals surface area (Å²) < 4.78 is 0. The van der Waals surface area contributed by atoms with E-state index < -0.39 is 0 Å². The maximum atomic E-state index is 3.84. The first-order chi connectivity index (χ1) is 5.22. The number of rotatable bonds is 6. The Hall–Kier alpha value is -0.520. The van der Waals surface area contributed by atoms with Crippen LogP contribution >= 0.6 is 0 Å². The molecular formula is C11H20. The highest BCUT2D eigenvalue weighted by Crippen LogP contribution is 2.18. The predicted octanol–water partition coefficient (Wildman–Crippen LogP) is 3.80. The fourth-order valence-corrected chi connectivity index (χ4v) is 1.22. The summed E-state index contributed by atoms with van der Waals surface area (Å²) in [5, 5.41) is 0. The third-order valence-electron chi connectivity index (χ3n) is 2.10. The van der Waals surface area contributed by atoms with Gasteiger partial charge in [0.1, 0.15) is 0 Å². The van der Waals surface area contributed by atoms with Crippen molar-refractivity contribution in [2.75, 3.05) is 0 Å². The molecule has 1 unspecified atom stereocenters. The highest BCUT2D eigenvalue weighted by atomic mass is 14.1. The zero-order valence-electron chi connectivity index (χ0n) is 7.84. The Kier molecular flexibility index (Phi) is 5.91. The summed E-state index contributed by atoms with van der Waals surface area (Å²) in [5.41, 5.74) is 0. The summed E-state index contributed by atoms with van der Waals surface area (Å²) in [6.07, 6.45) is 7.71. The molecule has 0 heteroatoms.